The van der Waals surface area contributed by atoms with Gasteiger partial charge in [0.2, 0.25) is 5.91 Å². The molecule has 1 aromatic rings. The zero-order valence-electron chi connectivity index (χ0n) is 9.44. The zero-order valence-corrected chi connectivity index (χ0v) is 10.3. The summed E-state index contributed by atoms with van der Waals surface area (Å²) in [6.45, 7) is 2.75. The van der Waals surface area contributed by atoms with E-state index >= 15 is 0 Å². The van der Waals surface area contributed by atoms with Crippen molar-refractivity contribution in [3.63, 3.8) is 0 Å². The number of nitrogens with one attached hydrogen (secondary N) is 1. The van der Waals surface area contributed by atoms with Crippen LogP contribution in [0.3, 0.4) is 0 Å². The lowest BCUT2D eigenvalue weighted by atomic mass is 10.2. The van der Waals surface area contributed by atoms with Crippen LogP contribution in [0.25, 0.3) is 0 Å². The molecule has 2 atom stereocenters. The highest BCUT2D eigenvalue weighted by Crippen LogP contribution is 2.14. The van der Waals surface area contributed by atoms with Crippen molar-refractivity contribution >= 4 is 17.2 Å². The Labute approximate surface area is 99.8 Å². The van der Waals surface area contributed by atoms with Crippen molar-refractivity contribution in [2.45, 2.75) is 38.3 Å². The normalized spacial score (nSPS) is 21.9. The third-order valence-corrected chi connectivity index (χ3v) is 3.60. The fraction of sp³-hybridized carbons (Fsp3) is 0.583. The summed E-state index contributed by atoms with van der Waals surface area (Å²) in [5, 5.41) is 5.06. The molecule has 0 radical (unpaired) electrons. The summed E-state index contributed by atoms with van der Waals surface area (Å²) in [6.07, 6.45) is 2.54. The molecule has 1 N–H and O–H groups in total. The van der Waals surface area contributed by atoms with E-state index in [0.29, 0.717) is 0 Å². The number of ether oxygens (including phenoxy) is 1. The van der Waals surface area contributed by atoms with E-state index in [1.54, 1.807) is 11.3 Å². The smallest absolute Gasteiger partial charge is 0.249 e. The van der Waals surface area contributed by atoms with Gasteiger partial charge in [-0.15, -0.1) is 11.3 Å². The van der Waals surface area contributed by atoms with Crippen LogP contribution in [-0.2, 0) is 16.0 Å². The van der Waals surface area contributed by atoms with Crippen LogP contribution in [0, 0.1) is 0 Å². The van der Waals surface area contributed by atoms with Crippen molar-refractivity contribution in [2.24, 2.45) is 0 Å². The lowest BCUT2D eigenvalue weighted by molar-refractivity contribution is -0.130. The third kappa shape index (κ3) is 3.06. The van der Waals surface area contributed by atoms with Crippen LogP contribution in [0.1, 0.15) is 24.6 Å². The highest BCUT2D eigenvalue weighted by Gasteiger charge is 2.24. The molecule has 0 bridgehead atoms. The van der Waals surface area contributed by atoms with Crippen molar-refractivity contribution in [1.29, 1.82) is 0 Å². The number of hydrogen-bond donors (Lipinski definition) is 1. The van der Waals surface area contributed by atoms with Gasteiger partial charge in [0.05, 0.1) is 0 Å². The molecular weight excluding hydrogens is 222 g/mol. The van der Waals surface area contributed by atoms with Crippen LogP contribution in [0.15, 0.2) is 17.5 Å². The average molecular weight is 239 g/mol. The van der Waals surface area contributed by atoms with Crippen LogP contribution < -0.4 is 5.32 Å². The van der Waals surface area contributed by atoms with Gasteiger partial charge in [-0.2, -0.15) is 0 Å². The van der Waals surface area contributed by atoms with Crippen molar-refractivity contribution in [2.75, 3.05) is 6.61 Å². The number of thiophene rings is 1. The fourth-order valence-corrected chi connectivity index (χ4v) is 2.74. The van der Waals surface area contributed by atoms with E-state index in [1.165, 1.54) is 4.88 Å². The van der Waals surface area contributed by atoms with Crippen molar-refractivity contribution in [3.8, 4) is 0 Å². The first-order valence-electron chi connectivity index (χ1n) is 5.70. The third-order valence-electron chi connectivity index (χ3n) is 2.70. The van der Waals surface area contributed by atoms with E-state index in [9.17, 15) is 4.79 Å². The first kappa shape index (κ1) is 11.6. The second-order valence-electron chi connectivity index (χ2n) is 4.19. The molecule has 0 unspecified atom stereocenters. The molecule has 1 aliphatic heterocycles. The predicted octanol–water partition coefficient (Wildman–Crippen LogP) is 1.97. The highest BCUT2D eigenvalue weighted by molar-refractivity contribution is 7.09. The van der Waals surface area contributed by atoms with E-state index < -0.39 is 0 Å². The molecular formula is C12H17NO2S. The molecule has 4 heteroatoms. The van der Waals surface area contributed by atoms with E-state index in [1.807, 2.05) is 13.0 Å². The van der Waals surface area contributed by atoms with Crippen LogP contribution in [-0.4, -0.2) is 24.7 Å². The van der Waals surface area contributed by atoms with Gasteiger partial charge in [-0.1, -0.05) is 6.07 Å². The van der Waals surface area contributed by atoms with Crippen molar-refractivity contribution in [1.82, 2.24) is 5.32 Å². The minimum atomic E-state index is -0.217. The van der Waals surface area contributed by atoms with Crippen molar-refractivity contribution in [3.05, 3.63) is 22.4 Å². The van der Waals surface area contributed by atoms with Gasteiger partial charge in [0, 0.05) is 23.9 Å². The molecule has 0 aliphatic carbocycles. The van der Waals surface area contributed by atoms with Gasteiger partial charge in [0.25, 0.3) is 0 Å². The summed E-state index contributed by atoms with van der Waals surface area (Å²) in [5.74, 6) is 0.0431. The van der Waals surface area contributed by atoms with Crippen LogP contribution in [0.4, 0.5) is 0 Å². The second kappa shape index (κ2) is 5.46. The zero-order chi connectivity index (χ0) is 11.4. The molecule has 0 aromatic carbocycles. The van der Waals surface area contributed by atoms with E-state index in [2.05, 4.69) is 16.8 Å². The molecule has 3 nitrogen and oxygen atoms in total. The molecule has 2 rings (SSSR count). The number of hydrogen-bond acceptors (Lipinski definition) is 3. The molecule has 88 valence electrons. The first-order chi connectivity index (χ1) is 7.75. The molecule has 1 aromatic heterocycles. The highest BCUT2D eigenvalue weighted by atomic mass is 32.1. The summed E-state index contributed by atoms with van der Waals surface area (Å²) in [6, 6.07) is 4.31. The minimum absolute atomic E-state index is 0.0431. The summed E-state index contributed by atoms with van der Waals surface area (Å²) in [7, 11) is 0. The Hall–Kier alpha value is -0.870. The lowest BCUT2D eigenvalue weighted by Gasteiger charge is -2.16. The van der Waals surface area contributed by atoms with Gasteiger partial charge in [-0.05, 0) is 31.2 Å². The van der Waals surface area contributed by atoms with Gasteiger partial charge in [0.1, 0.15) is 6.10 Å². The average Bonchev–Trinajstić information content (AvgIpc) is 2.88. The second-order valence-corrected chi connectivity index (χ2v) is 5.23. The lowest BCUT2D eigenvalue weighted by Crippen LogP contribution is -2.40. The van der Waals surface area contributed by atoms with E-state index in [-0.39, 0.29) is 18.1 Å². The Kier molecular flexibility index (Phi) is 3.96. The molecule has 2 heterocycles. The SMILES string of the molecule is C[C@@H](Cc1cccs1)NC(=O)[C@@H]1CCCO1. The van der Waals surface area contributed by atoms with Crippen LogP contribution in [0.5, 0.6) is 0 Å². The molecule has 1 fully saturated rings. The fourth-order valence-electron chi connectivity index (χ4n) is 1.90. The molecule has 1 amide bonds. The monoisotopic (exact) mass is 239 g/mol. The summed E-state index contributed by atoms with van der Waals surface area (Å²) in [4.78, 5) is 13.1. The minimum Gasteiger partial charge on any atom is -0.368 e. The van der Waals surface area contributed by atoms with Gasteiger partial charge < -0.3 is 10.1 Å². The predicted molar refractivity (Wildman–Crippen MR) is 64.6 cm³/mol. The molecule has 16 heavy (non-hydrogen) atoms. The number of carbonyl (C=O) groups excluding carboxylic acids is 1. The molecule has 0 spiro atoms. The topological polar surface area (TPSA) is 38.3 Å². The summed E-state index contributed by atoms with van der Waals surface area (Å²) >= 11 is 1.73. The van der Waals surface area contributed by atoms with Crippen LogP contribution >= 0.6 is 11.3 Å². The summed E-state index contributed by atoms with van der Waals surface area (Å²) in [5.41, 5.74) is 0. The Morgan fingerprint density at radius 1 is 1.75 bits per heavy atom. The maximum atomic E-state index is 11.8. The number of amides is 1. The van der Waals surface area contributed by atoms with E-state index in [4.69, 9.17) is 4.74 Å². The maximum absolute atomic E-state index is 11.8. The molecule has 1 aliphatic rings. The van der Waals surface area contributed by atoms with Crippen LogP contribution in [0.2, 0.25) is 0 Å². The quantitative estimate of drug-likeness (QED) is 0.872. The Balaban J connectivity index is 1.78. The van der Waals surface area contributed by atoms with E-state index in [0.717, 1.165) is 25.9 Å². The number of carbonyl (C=O) groups is 1. The molecule has 0 saturated carbocycles. The number of rotatable bonds is 4. The Bertz CT molecular complexity index is 331. The largest absolute Gasteiger partial charge is 0.368 e. The van der Waals surface area contributed by atoms with Gasteiger partial charge in [0.15, 0.2) is 0 Å². The molecule has 1 saturated heterocycles. The Morgan fingerprint density at radius 3 is 3.25 bits per heavy atom. The summed E-state index contributed by atoms with van der Waals surface area (Å²) < 4.78 is 5.34. The Morgan fingerprint density at radius 2 is 2.62 bits per heavy atom. The van der Waals surface area contributed by atoms with Gasteiger partial charge in [-0.3, -0.25) is 4.79 Å². The van der Waals surface area contributed by atoms with Gasteiger partial charge >= 0.3 is 0 Å². The van der Waals surface area contributed by atoms with Gasteiger partial charge in [-0.25, -0.2) is 0 Å². The van der Waals surface area contributed by atoms with Crippen molar-refractivity contribution < 1.29 is 9.53 Å². The first-order valence-corrected chi connectivity index (χ1v) is 6.58. The maximum Gasteiger partial charge on any atom is 0.249 e. The standard InChI is InChI=1S/C12H17NO2S/c1-9(8-10-4-3-7-16-10)13-12(14)11-5-2-6-15-11/h3-4,7,9,11H,2,5-6,8H2,1H3,(H,13,14)/t9-,11-/m0/s1.